The second-order valence-electron chi connectivity index (χ2n) is 5.65. The van der Waals surface area contributed by atoms with Gasteiger partial charge in [0.05, 0.1) is 0 Å². The number of rotatable bonds is 5. The molecule has 0 radical (unpaired) electrons. The zero-order chi connectivity index (χ0) is 10.7. The molecule has 0 aromatic heterocycles. The summed E-state index contributed by atoms with van der Waals surface area (Å²) < 4.78 is 0. The first-order valence-electron chi connectivity index (χ1n) is 6.73. The fourth-order valence-corrected chi connectivity index (χ4v) is 2.75. The topological polar surface area (TPSA) is 15.3 Å². The van der Waals surface area contributed by atoms with Gasteiger partial charge in [0.1, 0.15) is 0 Å². The van der Waals surface area contributed by atoms with E-state index < -0.39 is 0 Å². The maximum atomic E-state index is 3.59. The highest BCUT2D eigenvalue weighted by molar-refractivity contribution is 4.84. The minimum atomic E-state index is 0.635. The van der Waals surface area contributed by atoms with Crippen molar-refractivity contribution in [3.63, 3.8) is 0 Å². The standard InChI is InChI=1S/C13H26N2/c1-11(2)14-9-13-7-4-8-15(13)10-12-5-3-6-12/h11-14H,3-10H2,1-2H3. The average Bonchev–Trinajstić information content (AvgIpc) is 2.55. The zero-order valence-electron chi connectivity index (χ0n) is 10.3. The molecule has 2 nitrogen and oxygen atoms in total. The smallest absolute Gasteiger partial charge is 0.0221 e. The fourth-order valence-electron chi connectivity index (χ4n) is 2.75. The molecule has 1 aliphatic carbocycles. The molecular formula is C13H26N2. The molecule has 2 heteroatoms. The molecule has 15 heavy (non-hydrogen) atoms. The van der Waals surface area contributed by atoms with Crippen molar-refractivity contribution in [3.8, 4) is 0 Å². The molecule has 0 aromatic carbocycles. The van der Waals surface area contributed by atoms with Gasteiger partial charge >= 0.3 is 0 Å². The van der Waals surface area contributed by atoms with E-state index in [4.69, 9.17) is 0 Å². The third kappa shape index (κ3) is 3.18. The molecular weight excluding hydrogens is 184 g/mol. The van der Waals surface area contributed by atoms with Crippen molar-refractivity contribution in [3.05, 3.63) is 0 Å². The van der Waals surface area contributed by atoms with Crippen LogP contribution in [-0.4, -0.2) is 36.6 Å². The summed E-state index contributed by atoms with van der Waals surface area (Å²) in [5.74, 6) is 1.03. The predicted octanol–water partition coefficient (Wildman–Crippen LogP) is 2.25. The van der Waals surface area contributed by atoms with Crippen molar-refractivity contribution in [2.24, 2.45) is 5.92 Å². The van der Waals surface area contributed by atoms with Crippen molar-refractivity contribution in [1.29, 1.82) is 0 Å². The Morgan fingerprint density at radius 3 is 2.60 bits per heavy atom. The van der Waals surface area contributed by atoms with Crippen molar-refractivity contribution in [1.82, 2.24) is 10.2 Å². The predicted molar refractivity (Wildman–Crippen MR) is 65.1 cm³/mol. The lowest BCUT2D eigenvalue weighted by Crippen LogP contribution is -2.43. The maximum Gasteiger partial charge on any atom is 0.0221 e. The van der Waals surface area contributed by atoms with Gasteiger partial charge in [-0.05, 0) is 38.1 Å². The molecule has 1 saturated carbocycles. The van der Waals surface area contributed by atoms with E-state index >= 15 is 0 Å². The Morgan fingerprint density at radius 1 is 1.20 bits per heavy atom. The van der Waals surface area contributed by atoms with Gasteiger partial charge in [-0.1, -0.05) is 20.3 Å². The monoisotopic (exact) mass is 210 g/mol. The summed E-state index contributed by atoms with van der Waals surface area (Å²) in [5, 5.41) is 3.59. The van der Waals surface area contributed by atoms with Crippen LogP contribution in [0.2, 0.25) is 0 Å². The van der Waals surface area contributed by atoms with E-state index in [-0.39, 0.29) is 0 Å². The lowest BCUT2D eigenvalue weighted by atomic mass is 9.85. The number of nitrogens with zero attached hydrogens (tertiary/aromatic N) is 1. The highest BCUT2D eigenvalue weighted by atomic mass is 15.2. The van der Waals surface area contributed by atoms with Gasteiger partial charge in [0, 0.05) is 25.2 Å². The normalized spacial score (nSPS) is 28.6. The van der Waals surface area contributed by atoms with Crippen LogP contribution in [0.1, 0.15) is 46.0 Å². The third-order valence-corrected chi connectivity index (χ3v) is 3.98. The summed E-state index contributed by atoms with van der Waals surface area (Å²) in [6, 6.07) is 1.46. The van der Waals surface area contributed by atoms with Gasteiger partial charge in [-0.3, -0.25) is 4.90 Å². The Hall–Kier alpha value is -0.0800. The Labute approximate surface area is 94.4 Å². The molecule has 2 aliphatic rings. The Balaban J connectivity index is 1.71. The molecule has 1 atom stereocenters. The molecule has 1 heterocycles. The van der Waals surface area contributed by atoms with E-state index in [1.54, 1.807) is 0 Å². The Bertz CT molecular complexity index is 187. The van der Waals surface area contributed by atoms with Gasteiger partial charge in [-0.25, -0.2) is 0 Å². The van der Waals surface area contributed by atoms with Crippen molar-refractivity contribution in [2.75, 3.05) is 19.6 Å². The van der Waals surface area contributed by atoms with Gasteiger partial charge in [-0.15, -0.1) is 0 Å². The molecule has 2 fully saturated rings. The molecule has 1 saturated heterocycles. The zero-order valence-corrected chi connectivity index (χ0v) is 10.3. The van der Waals surface area contributed by atoms with Gasteiger partial charge in [0.2, 0.25) is 0 Å². The minimum absolute atomic E-state index is 0.635. The van der Waals surface area contributed by atoms with Crippen LogP contribution in [0.15, 0.2) is 0 Å². The summed E-state index contributed by atoms with van der Waals surface area (Å²) in [6.45, 7) is 8.41. The summed E-state index contributed by atoms with van der Waals surface area (Å²) in [7, 11) is 0. The van der Waals surface area contributed by atoms with Crippen LogP contribution in [0.25, 0.3) is 0 Å². The first-order valence-corrected chi connectivity index (χ1v) is 6.73. The Kier molecular flexibility index (Phi) is 4.04. The van der Waals surface area contributed by atoms with Crippen LogP contribution in [0.5, 0.6) is 0 Å². The summed E-state index contributed by atoms with van der Waals surface area (Å²) in [6.07, 6.45) is 7.28. The van der Waals surface area contributed by atoms with E-state index in [2.05, 4.69) is 24.1 Å². The van der Waals surface area contributed by atoms with E-state index in [9.17, 15) is 0 Å². The first-order chi connectivity index (χ1) is 7.25. The van der Waals surface area contributed by atoms with E-state index in [0.29, 0.717) is 6.04 Å². The van der Waals surface area contributed by atoms with Crippen molar-refractivity contribution in [2.45, 2.75) is 58.0 Å². The fraction of sp³-hybridized carbons (Fsp3) is 1.00. The van der Waals surface area contributed by atoms with Crippen LogP contribution >= 0.6 is 0 Å². The van der Waals surface area contributed by atoms with Crippen molar-refractivity contribution < 1.29 is 0 Å². The molecule has 1 unspecified atom stereocenters. The summed E-state index contributed by atoms with van der Waals surface area (Å²) in [5.41, 5.74) is 0. The second kappa shape index (κ2) is 5.31. The molecule has 88 valence electrons. The minimum Gasteiger partial charge on any atom is -0.313 e. The number of nitrogens with one attached hydrogen (secondary N) is 1. The van der Waals surface area contributed by atoms with Crippen LogP contribution in [0.3, 0.4) is 0 Å². The van der Waals surface area contributed by atoms with Gasteiger partial charge in [0.15, 0.2) is 0 Å². The van der Waals surface area contributed by atoms with Crippen LogP contribution in [0.4, 0.5) is 0 Å². The summed E-state index contributed by atoms with van der Waals surface area (Å²) >= 11 is 0. The van der Waals surface area contributed by atoms with Crippen molar-refractivity contribution >= 4 is 0 Å². The van der Waals surface area contributed by atoms with Crippen LogP contribution < -0.4 is 5.32 Å². The molecule has 0 spiro atoms. The van der Waals surface area contributed by atoms with Crippen LogP contribution in [-0.2, 0) is 0 Å². The van der Waals surface area contributed by atoms with Crippen LogP contribution in [0, 0.1) is 5.92 Å². The average molecular weight is 210 g/mol. The Morgan fingerprint density at radius 2 is 2.00 bits per heavy atom. The highest BCUT2D eigenvalue weighted by Crippen LogP contribution is 2.29. The van der Waals surface area contributed by atoms with Gasteiger partial charge in [0.25, 0.3) is 0 Å². The lowest BCUT2D eigenvalue weighted by Gasteiger charge is -2.33. The molecule has 0 bridgehead atoms. The molecule has 1 N–H and O–H groups in total. The second-order valence-corrected chi connectivity index (χ2v) is 5.65. The molecule has 0 aromatic rings. The molecule has 2 rings (SSSR count). The summed E-state index contributed by atoms with van der Waals surface area (Å²) in [4.78, 5) is 2.74. The largest absolute Gasteiger partial charge is 0.313 e. The SMILES string of the molecule is CC(C)NCC1CCCN1CC1CCC1. The van der Waals surface area contributed by atoms with Gasteiger partial charge in [-0.2, -0.15) is 0 Å². The quantitative estimate of drug-likeness (QED) is 0.749. The van der Waals surface area contributed by atoms with Gasteiger partial charge < -0.3 is 5.32 Å². The van der Waals surface area contributed by atoms with E-state index in [0.717, 1.165) is 12.0 Å². The number of likely N-dealkylation sites (tertiary alicyclic amines) is 1. The highest BCUT2D eigenvalue weighted by Gasteiger charge is 2.28. The number of hydrogen-bond acceptors (Lipinski definition) is 2. The first kappa shape index (κ1) is 11.4. The molecule has 0 amide bonds. The third-order valence-electron chi connectivity index (χ3n) is 3.98. The molecule has 1 aliphatic heterocycles. The van der Waals surface area contributed by atoms with E-state index in [1.807, 2.05) is 0 Å². The number of hydrogen-bond donors (Lipinski definition) is 1. The maximum absolute atomic E-state index is 3.59. The van der Waals surface area contributed by atoms with E-state index in [1.165, 1.54) is 51.7 Å². The lowest BCUT2D eigenvalue weighted by molar-refractivity contribution is 0.163.